The highest BCUT2D eigenvalue weighted by Gasteiger charge is 2.36. The minimum Gasteiger partial charge on any atom is -0.493 e. The molecule has 1 saturated heterocycles. The molecule has 0 amide bonds. The van der Waals surface area contributed by atoms with Crippen LogP contribution in [0.15, 0.2) is 6.07 Å². The molecular weight excluding hydrogens is 288 g/mol. The van der Waals surface area contributed by atoms with Gasteiger partial charge in [0.2, 0.25) is 0 Å². The number of ether oxygens (including phenoxy) is 1. The van der Waals surface area contributed by atoms with Crippen LogP contribution >= 0.6 is 0 Å². The Morgan fingerprint density at radius 1 is 1.27 bits per heavy atom. The maximum atomic E-state index is 13.4. The van der Waals surface area contributed by atoms with E-state index >= 15 is 0 Å². The number of piperidine rings is 1. The predicted octanol–water partition coefficient (Wildman–Crippen LogP) is 3.46. The van der Waals surface area contributed by atoms with Crippen molar-refractivity contribution in [3.05, 3.63) is 11.6 Å². The molecule has 0 aliphatic carbocycles. The summed E-state index contributed by atoms with van der Waals surface area (Å²) in [5.41, 5.74) is 0.927. The van der Waals surface area contributed by atoms with Gasteiger partial charge < -0.3 is 15.0 Å². The van der Waals surface area contributed by atoms with Crippen LogP contribution in [0, 0.1) is 0 Å². The SMILES string of the molecule is CC(C)(C)Nc1cc2c(c(N3CCC(F)(F)CC3)n1)CCO2. The van der Waals surface area contributed by atoms with Crippen LogP contribution in [0.2, 0.25) is 0 Å². The number of hydrogen-bond acceptors (Lipinski definition) is 4. The fourth-order valence-electron chi connectivity index (χ4n) is 2.92. The van der Waals surface area contributed by atoms with Crippen molar-refractivity contribution in [2.45, 2.75) is 51.5 Å². The van der Waals surface area contributed by atoms with Gasteiger partial charge in [-0.3, -0.25) is 0 Å². The lowest BCUT2D eigenvalue weighted by Gasteiger charge is -2.34. The summed E-state index contributed by atoms with van der Waals surface area (Å²) in [7, 11) is 0. The fraction of sp³-hybridized carbons (Fsp3) is 0.688. The van der Waals surface area contributed by atoms with E-state index < -0.39 is 5.92 Å². The summed E-state index contributed by atoms with van der Waals surface area (Å²) in [6.07, 6.45) is 0.572. The van der Waals surface area contributed by atoms with Gasteiger partial charge in [0.25, 0.3) is 5.92 Å². The minimum absolute atomic E-state index is 0.110. The maximum Gasteiger partial charge on any atom is 0.251 e. The first kappa shape index (κ1) is 15.3. The summed E-state index contributed by atoms with van der Waals surface area (Å²) < 4.78 is 32.4. The highest BCUT2D eigenvalue weighted by molar-refractivity contribution is 5.62. The van der Waals surface area contributed by atoms with E-state index in [4.69, 9.17) is 9.72 Å². The molecule has 122 valence electrons. The summed E-state index contributed by atoms with van der Waals surface area (Å²) in [6.45, 7) is 7.49. The predicted molar refractivity (Wildman–Crippen MR) is 83.2 cm³/mol. The average molecular weight is 311 g/mol. The quantitative estimate of drug-likeness (QED) is 0.907. The smallest absolute Gasteiger partial charge is 0.251 e. The number of fused-ring (bicyclic) bond motifs is 1. The Kier molecular flexibility index (Phi) is 3.65. The highest BCUT2D eigenvalue weighted by atomic mass is 19.3. The van der Waals surface area contributed by atoms with Gasteiger partial charge in [-0.1, -0.05) is 0 Å². The Morgan fingerprint density at radius 3 is 2.59 bits per heavy atom. The van der Waals surface area contributed by atoms with Crippen LogP contribution in [0.5, 0.6) is 5.75 Å². The van der Waals surface area contributed by atoms with Crippen LogP contribution < -0.4 is 15.0 Å². The first-order valence-corrected chi connectivity index (χ1v) is 7.81. The number of hydrogen-bond donors (Lipinski definition) is 1. The first-order valence-electron chi connectivity index (χ1n) is 7.81. The molecule has 2 aliphatic heterocycles. The summed E-state index contributed by atoms with van der Waals surface area (Å²) in [5.74, 6) is -0.177. The molecule has 0 atom stereocenters. The largest absolute Gasteiger partial charge is 0.493 e. The van der Waals surface area contributed by atoms with Gasteiger partial charge in [-0.25, -0.2) is 13.8 Å². The van der Waals surface area contributed by atoms with Gasteiger partial charge in [0.05, 0.1) is 6.61 Å². The van der Waals surface area contributed by atoms with E-state index in [0.717, 1.165) is 29.4 Å². The van der Waals surface area contributed by atoms with Gasteiger partial charge in [-0.15, -0.1) is 0 Å². The third kappa shape index (κ3) is 3.25. The van der Waals surface area contributed by atoms with E-state index in [9.17, 15) is 8.78 Å². The zero-order chi connectivity index (χ0) is 16.0. The second-order valence-corrected chi connectivity index (χ2v) is 7.12. The number of nitrogens with zero attached hydrogens (tertiary/aromatic N) is 2. The van der Waals surface area contributed by atoms with E-state index in [-0.39, 0.29) is 18.4 Å². The second-order valence-electron chi connectivity index (χ2n) is 7.12. The first-order chi connectivity index (χ1) is 10.2. The van der Waals surface area contributed by atoms with Crippen LogP contribution in [-0.4, -0.2) is 36.1 Å². The molecule has 2 aliphatic rings. The third-order valence-corrected chi connectivity index (χ3v) is 3.97. The number of alkyl halides is 2. The van der Waals surface area contributed by atoms with Crippen molar-refractivity contribution >= 4 is 11.6 Å². The molecule has 0 bridgehead atoms. The molecule has 3 rings (SSSR count). The average Bonchev–Trinajstić information content (AvgIpc) is 2.84. The Hall–Kier alpha value is -1.59. The van der Waals surface area contributed by atoms with Crippen LogP contribution in [0.4, 0.5) is 20.4 Å². The van der Waals surface area contributed by atoms with Crippen LogP contribution in [0.3, 0.4) is 0 Å². The molecule has 0 saturated carbocycles. The molecule has 6 heteroatoms. The lowest BCUT2D eigenvalue weighted by molar-refractivity contribution is -0.0221. The maximum absolute atomic E-state index is 13.4. The van der Waals surface area contributed by atoms with Crippen molar-refractivity contribution in [2.75, 3.05) is 29.9 Å². The van der Waals surface area contributed by atoms with Crippen LogP contribution in [-0.2, 0) is 6.42 Å². The van der Waals surface area contributed by atoms with Gasteiger partial charge in [0.1, 0.15) is 17.4 Å². The van der Waals surface area contributed by atoms with Crippen LogP contribution in [0.1, 0.15) is 39.2 Å². The van der Waals surface area contributed by atoms with E-state index in [2.05, 4.69) is 26.1 Å². The summed E-state index contributed by atoms with van der Waals surface area (Å²) in [6, 6.07) is 1.91. The number of rotatable bonds is 2. The number of pyridine rings is 1. The molecule has 0 aromatic carbocycles. The van der Waals surface area contributed by atoms with E-state index in [1.807, 2.05) is 11.0 Å². The standard InChI is InChI=1S/C16H23F2N3O/c1-15(2,3)20-13-10-12-11(4-9-22-12)14(19-13)21-7-5-16(17,18)6-8-21/h10H,4-9H2,1-3H3,(H,19,20). The summed E-state index contributed by atoms with van der Waals surface area (Å²) in [4.78, 5) is 6.66. The second kappa shape index (κ2) is 5.25. The van der Waals surface area contributed by atoms with Gasteiger partial charge >= 0.3 is 0 Å². The summed E-state index contributed by atoms with van der Waals surface area (Å²) >= 11 is 0. The molecule has 0 radical (unpaired) electrons. The molecule has 22 heavy (non-hydrogen) atoms. The van der Waals surface area contributed by atoms with Crippen molar-refractivity contribution in [2.24, 2.45) is 0 Å². The number of anilines is 2. The molecule has 0 unspecified atom stereocenters. The van der Waals surface area contributed by atoms with Crippen molar-refractivity contribution in [3.8, 4) is 5.75 Å². The van der Waals surface area contributed by atoms with Gasteiger partial charge in [0.15, 0.2) is 0 Å². The molecule has 4 nitrogen and oxygen atoms in total. The summed E-state index contributed by atoms with van der Waals surface area (Å²) in [5, 5.41) is 3.34. The Labute approximate surface area is 129 Å². The fourth-order valence-corrected chi connectivity index (χ4v) is 2.92. The molecule has 3 heterocycles. The van der Waals surface area contributed by atoms with Crippen LogP contribution in [0.25, 0.3) is 0 Å². The van der Waals surface area contributed by atoms with Crippen molar-refractivity contribution in [1.29, 1.82) is 0 Å². The molecular formula is C16H23F2N3O. The van der Waals surface area contributed by atoms with E-state index in [1.54, 1.807) is 0 Å². The zero-order valence-corrected chi connectivity index (χ0v) is 13.4. The van der Waals surface area contributed by atoms with Gasteiger partial charge in [0, 0.05) is 49.5 Å². The molecule has 1 aromatic heterocycles. The normalized spacial score (nSPS) is 20.5. The lowest BCUT2D eigenvalue weighted by Crippen LogP contribution is -2.40. The Balaban J connectivity index is 1.90. The van der Waals surface area contributed by atoms with Crippen molar-refractivity contribution in [3.63, 3.8) is 0 Å². The van der Waals surface area contributed by atoms with E-state index in [1.165, 1.54) is 0 Å². The topological polar surface area (TPSA) is 37.4 Å². The number of nitrogens with one attached hydrogen (secondary N) is 1. The zero-order valence-electron chi connectivity index (χ0n) is 13.4. The molecule has 1 aromatic rings. The lowest BCUT2D eigenvalue weighted by atomic mass is 10.1. The Bertz CT molecular complexity index is 559. The van der Waals surface area contributed by atoms with Gasteiger partial charge in [-0.05, 0) is 20.8 Å². The molecule has 1 fully saturated rings. The Morgan fingerprint density at radius 2 is 1.95 bits per heavy atom. The van der Waals surface area contributed by atoms with E-state index in [0.29, 0.717) is 19.7 Å². The minimum atomic E-state index is -2.54. The van der Waals surface area contributed by atoms with Crippen molar-refractivity contribution < 1.29 is 13.5 Å². The third-order valence-electron chi connectivity index (χ3n) is 3.97. The number of aromatic nitrogens is 1. The van der Waals surface area contributed by atoms with Gasteiger partial charge in [-0.2, -0.15) is 0 Å². The number of halogens is 2. The monoisotopic (exact) mass is 311 g/mol. The molecule has 1 N–H and O–H groups in total. The molecule has 0 spiro atoms. The highest BCUT2D eigenvalue weighted by Crippen LogP contribution is 2.38. The van der Waals surface area contributed by atoms with Crippen molar-refractivity contribution in [1.82, 2.24) is 4.98 Å².